The maximum absolute atomic E-state index is 14.0. The highest BCUT2D eigenvalue weighted by Crippen LogP contribution is 2.44. The van der Waals surface area contributed by atoms with Crippen LogP contribution in [0.2, 0.25) is 0 Å². The zero-order valence-electron chi connectivity index (χ0n) is 28.4. The lowest BCUT2D eigenvalue weighted by molar-refractivity contribution is -0.140. The smallest absolute Gasteiger partial charge is 0.228 e. The van der Waals surface area contributed by atoms with E-state index in [4.69, 9.17) is 19.2 Å². The molecule has 1 N–H and O–H groups in total. The van der Waals surface area contributed by atoms with Gasteiger partial charge in [0.1, 0.15) is 5.82 Å². The van der Waals surface area contributed by atoms with Gasteiger partial charge in [0.05, 0.1) is 44.0 Å². The van der Waals surface area contributed by atoms with Crippen LogP contribution < -0.4 is 24.4 Å². The molecular formula is C35H46N6O6S. The van der Waals surface area contributed by atoms with E-state index < -0.39 is 0 Å². The fourth-order valence-corrected chi connectivity index (χ4v) is 7.58. The predicted octanol–water partition coefficient (Wildman–Crippen LogP) is 3.96. The van der Waals surface area contributed by atoms with E-state index in [1.165, 1.54) is 11.3 Å². The van der Waals surface area contributed by atoms with Crippen LogP contribution in [0.5, 0.6) is 17.2 Å². The van der Waals surface area contributed by atoms with E-state index in [9.17, 15) is 14.4 Å². The van der Waals surface area contributed by atoms with E-state index in [1.807, 2.05) is 23.3 Å². The Hall–Kier alpha value is -4.13. The molecule has 2 aromatic heterocycles. The van der Waals surface area contributed by atoms with Crippen molar-refractivity contribution in [2.45, 2.75) is 58.4 Å². The molecular weight excluding hydrogens is 632 g/mol. The number of piperidine rings is 1. The van der Waals surface area contributed by atoms with E-state index in [-0.39, 0.29) is 48.9 Å². The molecule has 4 heterocycles. The molecule has 2 aliphatic heterocycles. The minimum Gasteiger partial charge on any atom is -0.493 e. The molecule has 0 radical (unpaired) electrons. The van der Waals surface area contributed by atoms with Crippen LogP contribution in [0.15, 0.2) is 17.5 Å². The molecule has 1 aliphatic carbocycles. The number of anilines is 1. The number of rotatable bonds is 6. The van der Waals surface area contributed by atoms with Crippen LogP contribution in [0.3, 0.4) is 0 Å². The Bertz CT molecular complexity index is 1660. The quantitative estimate of drug-likeness (QED) is 0.412. The molecule has 1 unspecified atom stereocenters. The van der Waals surface area contributed by atoms with Crippen molar-refractivity contribution in [2.75, 3.05) is 65.5 Å². The van der Waals surface area contributed by atoms with Gasteiger partial charge >= 0.3 is 0 Å². The molecule has 1 aromatic carbocycles. The third kappa shape index (κ3) is 7.30. The number of aryl methyl sites for hydroxylation is 1. The summed E-state index contributed by atoms with van der Waals surface area (Å²) in [5.74, 6) is 2.43. The van der Waals surface area contributed by atoms with Gasteiger partial charge < -0.3 is 34.2 Å². The fourth-order valence-electron chi connectivity index (χ4n) is 6.96. The summed E-state index contributed by atoms with van der Waals surface area (Å²) in [6, 6.07) is 3.93. The van der Waals surface area contributed by atoms with Crippen molar-refractivity contribution in [3.8, 4) is 17.2 Å². The van der Waals surface area contributed by atoms with Crippen molar-refractivity contribution in [1.29, 1.82) is 0 Å². The summed E-state index contributed by atoms with van der Waals surface area (Å²) in [5, 5.41) is 6.70. The molecule has 1 saturated heterocycles. The molecule has 3 aliphatic rings. The number of nitrogens with zero attached hydrogens (tertiary/aromatic N) is 5. The molecule has 1 saturated carbocycles. The molecule has 3 aromatic rings. The van der Waals surface area contributed by atoms with Gasteiger partial charge in [0, 0.05) is 80.5 Å². The summed E-state index contributed by atoms with van der Waals surface area (Å²) in [7, 11) is 4.76. The molecule has 13 heteroatoms. The number of aromatic nitrogens is 2. The lowest BCUT2D eigenvalue weighted by atomic mass is 9.84. The highest BCUT2D eigenvalue weighted by molar-refractivity contribution is 7.09. The van der Waals surface area contributed by atoms with Gasteiger partial charge in [-0.05, 0) is 44.6 Å². The normalized spacial score (nSPS) is 19.5. The highest BCUT2D eigenvalue weighted by atomic mass is 32.1. The first-order valence-corrected chi connectivity index (χ1v) is 17.8. The Kier molecular flexibility index (Phi) is 10.5. The largest absolute Gasteiger partial charge is 0.493 e. The number of hydrogen-bond acceptors (Lipinski definition) is 10. The number of nitrogens with one attached hydrogen (secondary N) is 1. The standard InChI is InChI=1S/C35H46N6O6S/c1-22-37-26(21-48-22)16-31(43)39-12-10-30(42)36-18-23-7-6-11-40(19-23)34-25(20-41(14-13-39)35(44)24-8-5-9-24)15-27-28(38-34)17-29(45-2)33(47-4)32(27)46-3/h15,17,21,23-24H,5-14,16,18-20H2,1-4H3,(H,36,42). The van der Waals surface area contributed by atoms with Gasteiger partial charge in [0.15, 0.2) is 11.5 Å². The maximum Gasteiger partial charge on any atom is 0.228 e. The molecule has 6 rings (SSSR count). The second-order valence-corrected chi connectivity index (χ2v) is 14.1. The zero-order valence-corrected chi connectivity index (χ0v) is 29.2. The van der Waals surface area contributed by atoms with Crippen molar-refractivity contribution < 1.29 is 28.6 Å². The lowest BCUT2D eigenvalue weighted by Crippen LogP contribution is -2.45. The Morgan fingerprint density at radius 3 is 2.44 bits per heavy atom. The lowest BCUT2D eigenvalue weighted by Gasteiger charge is -2.36. The number of hydrogen-bond donors (Lipinski definition) is 1. The van der Waals surface area contributed by atoms with Gasteiger partial charge in [-0.1, -0.05) is 6.42 Å². The molecule has 3 amide bonds. The monoisotopic (exact) mass is 678 g/mol. The maximum atomic E-state index is 14.0. The van der Waals surface area contributed by atoms with Crippen LogP contribution in [-0.4, -0.2) is 98.1 Å². The number of pyridine rings is 1. The highest BCUT2D eigenvalue weighted by Gasteiger charge is 2.32. The van der Waals surface area contributed by atoms with Crippen molar-refractivity contribution in [2.24, 2.45) is 11.8 Å². The summed E-state index contributed by atoms with van der Waals surface area (Å²) < 4.78 is 17.2. The average Bonchev–Trinajstić information content (AvgIpc) is 3.47. The number of ether oxygens (including phenoxy) is 3. The van der Waals surface area contributed by atoms with E-state index in [0.29, 0.717) is 48.9 Å². The number of carbonyl (C=O) groups excluding carboxylic acids is 3. The van der Waals surface area contributed by atoms with E-state index >= 15 is 0 Å². The number of thiazole rings is 1. The van der Waals surface area contributed by atoms with Crippen LogP contribution in [-0.2, 0) is 27.3 Å². The summed E-state index contributed by atoms with van der Waals surface area (Å²) in [4.78, 5) is 56.3. The first-order chi connectivity index (χ1) is 23.3. The average molecular weight is 679 g/mol. The minimum atomic E-state index is -0.103. The number of benzene rings is 1. The van der Waals surface area contributed by atoms with E-state index in [2.05, 4.69) is 21.3 Å². The minimum absolute atomic E-state index is 0.0323. The van der Waals surface area contributed by atoms with Crippen LogP contribution in [0.4, 0.5) is 5.82 Å². The number of fused-ring (bicyclic) bond motifs is 5. The molecule has 48 heavy (non-hydrogen) atoms. The van der Waals surface area contributed by atoms with Gasteiger partial charge in [-0.2, -0.15) is 0 Å². The second kappa shape index (κ2) is 15.0. The fraction of sp³-hybridized carbons (Fsp3) is 0.571. The van der Waals surface area contributed by atoms with Crippen molar-refractivity contribution >= 4 is 45.8 Å². The Morgan fingerprint density at radius 2 is 1.75 bits per heavy atom. The molecule has 0 spiro atoms. The number of amides is 3. The van der Waals surface area contributed by atoms with Crippen molar-refractivity contribution in [3.63, 3.8) is 0 Å². The Morgan fingerprint density at radius 1 is 0.958 bits per heavy atom. The SMILES string of the molecule is COc1cc2nc3c(cc2c(OC)c1OC)CN(C(=O)C1CCC1)CCN(C(=O)Cc1csc(C)n1)CCC(=O)NCC1CCCN3C1. The zero-order chi connectivity index (χ0) is 33.8. The van der Waals surface area contributed by atoms with Gasteiger partial charge in [-0.3, -0.25) is 14.4 Å². The Balaban J connectivity index is 1.41. The van der Waals surface area contributed by atoms with Crippen LogP contribution >= 0.6 is 11.3 Å². The van der Waals surface area contributed by atoms with Gasteiger partial charge in [0.25, 0.3) is 0 Å². The van der Waals surface area contributed by atoms with Gasteiger partial charge in [-0.25, -0.2) is 9.97 Å². The molecule has 2 fully saturated rings. The van der Waals surface area contributed by atoms with Crippen molar-refractivity contribution in [3.05, 3.63) is 33.8 Å². The van der Waals surface area contributed by atoms with Crippen LogP contribution in [0.25, 0.3) is 10.9 Å². The summed E-state index contributed by atoms with van der Waals surface area (Å²) in [6.07, 6.45) is 5.06. The third-order valence-corrected chi connectivity index (χ3v) is 10.6. The molecule has 12 nitrogen and oxygen atoms in total. The summed E-state index contributed by atoms with van der Waals surface area (Å²) in [6.45, 7) is 5.26. The molecule has 258 valence electrons. The van der Waals surface area contributed by atoms with E-state index in [0.717, 1.165) is 72.7 Å². The number of methoxy groups -OCH3 is 3. The van der Waals surface area contributed by atoms with E-state index in [1.54, 1.807) is 26.2 Å². The van der Waals surface area contributed by atoms with Gasteiger partial charge in [0.2, 0.25) is 23.5 Å². The van der Waals surface area contributed by atoms with Crippen LogP contribution in [0.1, 0.15) is 54.8 Å². The number of carbonyl (C=O) groups is 3. The molecule has 2 bridgehead atoms. The Labute approximate surface area is 285 Å². The first kappa shape index (κ1) is 33.8. The molecule has 1 atom stereocenters. The second-order valence-electron chi connectivity index (χ2n) is 13.0. The van der Waals surface area contributed by atoms with Crippen LogP contribution in [0, 0.1) is 18.8 Å². The van der Waals surface area contributed by atoms with Crippen molar-refractivity contribution in [1.82, 2.24) is 25.1 Å². The third-order valence-electron chi connectivity index (χ3n) is 9.81. The summed E-state index contributed by atoms with van der Waals surface area (Å²) >= 11 is 1.51. The predicted molar refractivity (Wildman–Crippen MR) is 184 cm³/mol. The van der Waals surface area contributed by atoms with Gasteiger partial charge in [-0.15, -0.1) is 11.3 Å². The topological polar surface area (TPSA) is 126 Å². The first-order valence-electron chi connectivity index (χ1n) is 16.9. The summed E-state index contributed by atoms with van der Waals surface area (Å²) in [5.41, 5.74) is 2.32.